The second-order valence-corrected chi connectivity index (χ2v) is 5.58. The Morgan fingerprint density at radius 3 is 2.64 bits per heavy atom. The van der Waals surface area contributed by atoms with Gasteiger partial charge in [-0.2, -0.15) is 0 Å². The largest absolute Gasteiger partial charge is 0.493 e. The maximum Gasteiger partial charge on any atom is 0.337 e. The average Bonchev–Trinajstić information content (AvgIpc) is 2.70. The van der Waals surface area contributed by atoms with Gasteiger partial charge in [-0.1, -0.05) is 31.0 Å². The summed E-state index contributed by atoms with van der Waals surface area (Å²) in [6, 6.07) is 11.5. The number of para-hydroxylation sites is 1. The number of methoxy groups -OCH3 is 1. The van der Waals surface area contributed by atoms with Crippen LogP contribution in [0.1, 0.15) is 29.3 Å². The van der Waals surface area contributed by atoms with Crippen LogP contribution < -0.4 is 14.8 Å². The van der Waals surface area contributed by atoms with Gasteiger partial charge in [-0.05, 0) is 35.9 Å². The molecule has 0 atom stereocenters. The quantitative estimate of drug-likeness (QED) is 0.564. The summed E-state index contributed by atoms with van der Waals surface area (Å²) in [5.41, 5.74) is 0.983. The first kappa shape index (κ1) is 20.6. The van der Waals surface area contributed by atoms with Crippen molar-refractivity contribution in [2.75, 3.05) is 19.0 Å². The van der Waals surface area contributed by atoms with Crippen molar-refractivity contribution in [2.45, 2.75) is 13.3 Å². The Morgan fingerprint density at radius 2 is 1.93 bits per heavy atom. The molecule has 2 N–H and O–H groups in total. The number of aromatic carboxylic acids is 1. The van der Waals surface area contributed by atoms with Crippen molar-refractivity contribution >= 4 is 23.6 Å². The molecular formula is C22H21NO5. The number of carbonyl (C=O) groups is 2. The minimum atomic E-state index is -1.11. The van der Waals surface area contributed by atoms with E-state index in [9.17, 15) is 9.59 Å². The molecule has 2 aromatic carbocycles. The fourth-order valence-electron chi connectivity index (χ4n) is 2.32. The lowest BCUT2D eigenvalue weighted by Gasteiger charge is -2.09. The highest BCUT2D eigenvalue weighted by molar-refractivity contribution is 6.06. The van der Waals surface area contributed by atoms with E-state index < -0.39 is 11.9 Å². The van der Waals surface area contributed by atoms with Gasteiger partial charge in [0.2, 0.25) is 5.91 Å². The normalized spacial score (nSPS) is 10.1. The molecule has 2 aromatic rings. The maximum atomic E-state index is 12.1. The van der Waals surface area contributed by atoms with Gasteiger partial charge in [0.25, 0.3) is 0 Å². The predicted molar refractivity (Wildman–Crippen MR) is 108 cm³/mol. The van der Waals surface area contributed by atoms with Gasteiger partial charge in [0.1, 0.15) is 6.61 Å². The zero-order valence-electron chi connectivity index (χ0n) is 15.7. The van der Waals surface area contributed by atoms with Crippen LogP contribution in [0.4, 0.5) is 5.69 Å². The summed E-state index contributed by atoms with van der Waals surface area (Å²) in [5, 5.41) is 11.7. The van der Waals surface area contributed by atoms with E-state index in [-0.39, 0.29) is 17.9 Å². The van der Waals surface area contributed by atoms with Crippen molar-refractivity contribution in [3.8, 4) is 23.3 Å². The van der Waals surface area contributed by atoms with E-state index in [4.69, 9.17) is 14.6 Å². The van der Waals surface area contributed by atoms with Crippen molar-refractivity contribution in [1.29, 1.82) is 0 Å². The lowest BCUT2D eigenvalue weighted by Crippen LogP contribution is -2.11. The van der Waals surface area contributed by atoms with Crippen LogP contribution in [-0.4, -0.2) is 30.7 Å². The standard InChI is InChI=1S/C22H21NO5/c1-3-4-7-14-28-20-15-16(10-12-19(20)27-2)11-13-21(24)23-18-9-6-5-8-17(18)22(25)26/h5-6,8-13,15H,3,14H2,1-2H3,(H,23,24)(H,25,26)/b13-11+. The number of carboxylic acid groups (broad SMARTS) is 1. The van der Waals surface area contributed by atoms with Crippen LogP contribution in [0.25, 0.3) is 6.08 Å². The monoisotopic (exact) mass is 379 g/mol. The number of carbonyl (C=O) groups excluding carboxylic acids is 1. The van der Waals surface area contributed by atoms with Crippen LogP contribution in [0, 0.1) is 11.8 Å². The maximum absolute atomic E-state index is 12.1. The number of anilines is 1. The first-order chi connectivity index (χ1) is 13.5. The molecule has 0 heterocycles. The fourth-order valence-corrected chi connectivity index (χ4v) is 2.32. The predicted octanol–water partition coefficient (Wildman–Crippen LogP) is 3.84. The number of benzene rings is 2. The van der Waals surface area contributed by atoms with Crippen molar-refractivity contribution in [2.24, 2.45) is 0 Å². The molecule has 0 bridgehead atoms. The van der Waals surface area contributed by atoms with Gasteiger partial charge in [0, 0.05) is 12.5 Å². The summed E-state index contributed by atoms with van der Waals surface area (Å²) < 4.78 is 10.9. The van der Waals surface area contributed by atoms with E-state index in [1.54, 1.807) is 43.5 Å². The molecule has 2 rings (SSSR count). The van der Waals surface area contributed by atoms with E-state index in [2.05, 4.69) is 17.2 Å². The van der Waals surface area contributed by atoms with Crippen LogP contribution in [0.3, 0.4) is 0 Å². The fraction of sp³-hybridized carbons (Fsp3) is 0.182. The van der Waals surface area contributed by atoms with Gasteiger partial charge in [0.15, 0.2) is 11.5 Å². The van der Waals surface area contributed by atoms with E-state index >= 15 is 0 Å². The number of nitrogens with one attached hydrogen (secondary N) is 1. The Bertz CT molecular complexity index is 937. The highest BCUT2D eigenvalue weighted by Crippen LogP contribution is 2.28. The van der Waals surface area contributed by atoms with E-state index in [0.29, 0.717) is 11.5 Å². The highest BCUT2D eigenvalue weighted by Gasteiger charge is 2.10. The molecule has 28 heavy (non-hydrogen) atoms. The van der Waals surface area contributed by atoms with Crippen LogP contribution >= 0.6 is 0 Å². The minimum absolute atomic E-state index is 0.0255. The summed E-state index contributed by atoms with van der Waals surface area (Å²) in [4.78, 5) is 23.4. The molecule has 6 nitrogen and oxygen atoms in total. The number of hydrogen-bond acceptors (Lipinski definition) is 4. The van der Waals surface area contributed by atoms with Gasteiger partial charge < -0.3 is 19.9 Å². The molecule has 0 aliphatic carbocycles. The molecular weight excluding hydrogens is 358 g/mol. The van der Waals surface area contributed by atoms with Gasteiger partial charge in [-0.25, -0.2) is 4.79 Å². The smallest absolute Gasteiger partial charge is 0.337 e. The summed E-state index contributed by atoms with van der Waals surface area (Å²) in [6.07, 6.45) is 3.67. The Morgan fingerprint density at radius 1 is 1.14 bits per heavy atom. The van der Waals surface area contributed by atoms with Crippen LogP contribution in [0.2, 0.25) is 0 Å². The molecule has 1 amide bonds. The van der Waals surface area contributed by atoms with Crippen LogP contribution in [0.15, 0.2) is 48.5 Å². The third kappa shape index (κ3) is 5.92. The highest BCUT2D eigenvalue weighted by atomic mass is 16.5. The Hall–Kier alpha value is -3.72. The summed E-state index contributed by atoms with van der Waals surface area (Å²) in [6.45, 7) is 2.20. The summed E-state index contributed by atoms with van der Waals surface area (Å²) in [7, 11) is 1.54. The third-order valence-electron chi connectivity index (χ3n) is 3.63. The van der Waals surface area contributed by atoms with Gasteiger partial charge >= 0.3 is 5.97 Å². The lowest BCUT2D eigenvalue weighted by atomic mass is 10.1. The average molecular weight is 379 g/mol. The number of amides is 1. The number of rotatable bonds is 7. The lowest BCUT2D eigenvalue weighted by molar-refractivity contribution is -0.111. The minimum Gasteiger partial charge on any atom is -0.493 e. The van der Waals surface area contributed by atoms with E-state index in [1.165, 1.54) is 18.2 Å². The van der Waals surface area contributed by atoms with Gasteiger partial charge in [-0.15, -0.1) is 5.92 Å². The molecule has 0 spiro atoms. The second-order valence-electron chi connectivity index (χ2n) is 5.58. The Balaban J connectivity index is 2.10. The summed E-state index contributed by atoms with van der Waals surface area (Å²) in [5.74, 6) is 5.34. The zero-order chi connectivity index (χ0) is 20.4. The first-order valence-corrected chi connectivity index (χ1v) is 8.63. The molecule has 0 aromatic heterocycles. The van der Waals surface area contributed by atoms with Crippen LogP contribution in [0.5, 0.6) is 11.5 Å². The van der Waals surface area contributed by atoms with Crippen molar-refractivity contribution in [1.82, 2.24) is 0 Å². The Kier molecular flexibility index (Phi) is 7.67. The van der Waals surface area contributed by atoms with Crippen molar-refractivity contribution in [3.63, 3.8) is 0 Å². The topological polar surface area (TPSA) is 84.9 Å². The molecule has 0 saturated heterocycles. The molecule has 0 aliphatic rings. The zero-order valence-corrected chi connectivity index (χ0v) is 15.7. The molecule has 0 fully saturated rings. The van der Waals surface area contributed by atoms with Gasteiger partial charge in [0.05, 0.1) is 18.4 Å². The van der Waals surface area contributed by atoms with Gasteiger partial charge in [-0.3, -0.25) is 4.79 Å². The molecule has 0 radical (unpaired) electrons. The third-order valence-corrected chi connectivity index (χ3v) is 3.63. The molecule has 144 valence electrons. The van der Waals surface area contributed by atoms with Crippen LogP contribution in [-0.2, 0) is 4.79 Å². The molecule has 0 unspecified atom stereocenters. The molecule has 0 saturated carbocycles. The number of carboxylic acids is 1. The molecule has 0 aliphatic heterocycles. The number of hydrogen-bond donors (Lipinski definition) is 2. The first-order valence-electron chi connectivity index (χ1n) is 8.63. The summed E-state index contributed by atoms with van der Waals surface area (Å²) >= 11 is 0. The molecule has 6 heteroatoms. The van der Waals surface area contributed by atoms with E-state index in [1.807, 2.05) is 6.92 Å². The van der Waals surface area contributed by atoms with Crippen molar-refractivity contribution < 1.29 is 24.2 Å². The van der Waals surface area contributed by atoms with E-state index in [0.717, 1.165) is 12.0 Å². The number of ether oxygens (including phenoxy) is 2. The van der Waals surface area contributed by atoms with Crippen molar-refractivity contribution in [3.05, 3.63) is 59.7 Å². The Labute approximate surface area is 163 Å². The SMILES string of the molecule is CCC#CCOc1cc(/C=C/C(=O)Nc2ccccc2C(=O)O)ccc1OC. The second kappa shape index (κ2) is 10.4.